The van der Waals surface area contributed by atoms with Crippen LogP contribution in [0.15, 0.2) is 6.07 Å². The Morgan fingerprint density at radius 3 is 2.58 bits per heavy atom. The number of nitro groups is 1. The van der Waals surface area contributed by atoms with Crippen LogP contribution in [0.5, 0.6) is 0 Å². The van der Waals surface area contributed by atoms with Crippen LogP contribution < -0.4 is 5.73 Å². The standard InChI is InChI=1S/C11H14N6O2/c1-6-4-9(12)14-10(13-6)5-16-8(3)11(17(18)19)7(2)15-16/h4H,5H2,1-3H3,(H2,12,13,14). The lowest BCUT2D eigenvalue weighted by molar-refractivity contribution is -0.386. The molecule has 0 bridgehead atoms. The van der Waals surface area contributed by atoms with Crippen molar-refractivity contribution >= 4 is 11.5 Å². The molecule has 0 aliphatic heterocycles. The molecule has 0 aromatic carbocycles. The summed E-state index contributed by atoms with van der Waals surface area (Å²) in [5, 5.41) is 15.1. The highest BCUT2D eigenvalue weighted by Crippen LogP contribution is 2.22. The quantitative estimate of drug-likeness (QED) is 0.655. The summed E-state index contributed by atoms with van der Waals surface area (Å²) in [6, 6.07) is 1.66. The Morgan fingerprint density at radius 2 is 2.05 bits per heavy atom. The van der Waals surface area contributed by atoms with E-state index in [0.717, 1.165) is 5.69 Å². The molecule has 8 heteroatoms. The van der Waals surface area contributed by atoms with Crippen molar-refractivity contribution in [1.82, 2.24) is 19.7 Å². The normalized spacial score (nSPS) is 10.7. The summed E-state index contributed by atoms with van der Waals surface area (Å²) in [5.74, 6) is 0.858. The van der Waals surface area contributed by atoms with Gasteiger partial charge in [-0.05, 0) is 20.8 Å². The molecule has 0 fully saturated rings. The van der Waals surface area contributed by atoms with Crippen molar-refractivity contribution in [3.63, 3.8) is 0 Å². The fraction of sp³-hybridized carbons (Fsp3) is 0.364. The minimum absolute atomic E-state index is 0.0284. The Labute approximate surface area is 109 Å². The van der Waals surface area contributed by atoms with E-state index >= 15 is 0 Å². The summed E-state index contributed by atoms with van der Waals surface area (Å²) < 4.78 is 1.52. The maximum Gasteiger partial charge on any atom is 0.312 e. The van der Waals surface area contributed by atoms with Gasteiger partial charge in [-0.25, -0.2) is 9.97 Å². The fourth-order valence-corrected chi connectivity index (χ4v) is 1.97. The highest BCUT2D eigenvalue weighted by atomic mass is 16.6. The topological polar surface area (TPSA) is 113 Å². The zero-order valence-electron chi connectivity index (χ0n) is 10.9. The van der Waals surface area contributed by atoms with Crippen LogP contribution in [0.4, 0.5) is 11.5 Å². The molecule has 0 amide bonds. The third-order valence-corrected chi connectivity index (χ3v) is 2.74. The second kappa shape index (κ2) is 4.63. The second-order valence-corrected chi connectivity index (χ2v) is 4.28. The van der Waals surface area contributed by atoms with Gasteiger partial charge in [-0.1, -0.05) is 0 Å². The molecule has 0 aliphatic carbocycles. The smallest absolute Gasteiger partial charge is 0.312 e. The molecule has 2 rings (SSSR count). The van der Waals surface area contributed by atoms with Gasteiger partial charge in [0.05, 0.1) is 4.92 Å². The highest BCUT2D eigenvalue weighted by molar-refractivity contribution is 5.39. The molecule has 2 aromatic rings. The van der Waals surface area contributed by atoms with Crippen LogP contribution in [0.25, 0.3) is 0 Å². The van der Waals surface area contributed by atoms with Crippen LogP contribution in [-0.2, 0) is 6.54 Å². The summed E-state index contributed by atoms with van der Waals surface area (Å²) in [5.41, 5.74) is 7.28. The van der Waals surface area contributed by atoms with Gasteiger partial charge in [0.25, 0.3) is 0 Å². The van der Waals surface area contributed by atoms with Crippen molar-refractivity contribution < 1.29 is 4.92 Å². The molecule has 0 atom stereocenters. The van der Waals surface area contributed by atoms with Crippen LogP contribution in [0.1, 0.15) is 22.9 Å². The van der Waals surface area contributed by atoms with E-state index in [4.69, 9.17) is 5.73 Å². The molecule has 0 radical (unpaired) electrons. The maximum absolute atomic E-state index is 10.9. The van der Waals surface area contributed by atoms with Crippen LogP contribution in [-0.4, -0.2) is 24.7 Å². The average molecular weight is 262 g/mol. The van der Waals surface area contributed by atoms with Crippen LogP contribution in [0, 0.1) is 30.9 Å². The first-order valence-electron chi connectivity index (χ1n) is 5.67. The maximum atomic E-state index is 10.9. The number of nitrogens with zero attached hydrogens (tertiary/aromatic N) is 5. The number of hydrogen-bond acceptors (Lipinski definition) is 6. The molecule has 0 saturated carbocycles. The largest absolute Gasteiger partial charge is 0.384 e. The van der Waals surface area contributed by atoms with Crippen LogP contribution >= 0.6 is 0 Å². The Kier molecular flexibility index (Phi) is 3.16. The van der Waals surface area contributed by atoms with E-state index in [9.17, 15) is 10.1 Å². The predicted molar refractivity (Wildman–Crippen MR) is 68.6 cm³/mol. The number of aromatic nitrogens is 4. The summed E-state index contributed by atoms with van der Waals surface area (Å²) in [6.45, 7) is 5.32. The molecule has 0 unspecified atom stereocenters. The van der Waals surface area contributed by atoms with Gasteiger partial charge in [0.1, 0.15) is 23.8 Å². The Hall–Kier alpha value is -2.51. The van der Waals surface area contributed by atoms with Gasteiger partial charge in [0.15, 0.2) is 5.82 Å². The van der Waals surface area contributed by atoms with Gasteiger partial charge in [-0.3, -0.25) is 14.8 Å². The lowest BCUT2D eigenvalue weighted by Gasteiger charge is -2.04. The Balaban J connectivity index is 2.39. The minimum Gasteiger partial charge on any atom is -0.384 e. The van der Waals surface area contributed by atoms with E-state index in [-0.39, 0.29) is 12.2 Å². The van der Waals surface area contributed by atoms with Gasteiger partial charge >= 0.3 is 5.69 Å². The molecule has 19 heavy (non-hydrogen) atoms. The lowest BCUT2D eigenvalue weighted by Crippen LogP contribution is -2.09. The first-order valence-corrected chi connectivity index (χ1v) is 5.67. The fourth-order valence-electron chi connectivity index (χ4n) is 1.97. The van der Waals surface area contributed by atoms with Crippen LogP contribution in [0.3, 0.4) is 0 Å². The van der Waals surface area contributed by atoms with E-state index in [1.54, 1.807) is 19.9 Å². The highest BCUT2D eigenvalue weighted by Gasteiger charge is 2.22. The molecule has 100 valence electrons. The molecule has 2 aromatic heterocycles. The average Bonchev–Trinajstić information content (AvgIpc) is 2.52. The van der Waals surface area contributed by atoms with Gasteiger partial charge in [0, 0.05) is 11.8 Å². The van der Waals surface area contributed by atoms with Gasteiger partial charge in [-0.2, -0.15) is 5.10 Å². The van der Waals surface area contributed by atoms with Crippen molar-refractivity contribution in [1.29, 1.82) is 0 Å². The van der Waals surface area contributed by atoms with Crippen LogP contribution in [0.2, 0.25) is 0 Å². The van der Waals surface area contributed by atoms with E-state index in [2.05, 4.69) is 15.1 Å². The zero-order chi connectivity index (χ0) is 14.2. The number of aryl methyl sites for hydroxylation is 2. The first kappa shape index (κ1) is 12.9. The molecule has 0 saturated heterocycles. The van der Waals surface area contributed by atoms with E-state index in [1.165, 1.54) is 4.68 Å². The second-order valence-electron chi connectivity index (χ2n) is 4.28. The molecule has 0 spiro atoms. The lowest BCUT2D eigenvalue weighted by atomic mass is 10.3. The van der Waals surface area contributed by atoms with Gasteiger partial charge < -0.3 is 5.73 Å². The molecular weight excluding hydrogens is 248 g/mol. The van der Waals surface area contributed by atoms with E-state index in [1.807, 2.05) is 6.92 Å². The SMILES string of the molecule is Cc1cc(N)nc(Cn2nc(C)c([N+](=O)[O-])c2C)n1. The summed E-state index contributed by atoms with van der Waals surface area (Å²) in [7, 11) is 0. The minimum atomic E-state index is -0.431. The van der Waals surface area contributed by atoms with E-state index in [0.29, 0.717) is 23.0 Å². The summed E-state index contributed by atoms with van der Waals surface area (Å²) in [6.07, 6.45) is 0. The number of hydrogen-bond donors (Lipinski definition) is 1. The first-order chi connectivity index (χ1) is 8.88. The Bertz CT molecular complexity index is 629. The summed E-state index contributed by atoms with van der Waals surface area (Å²) in [4.78, 5) is 18.8. The monoisotopic (exact) mass is 262 g/mol. The zero-order valence-corrected chi connectivity index (χ0v) is 10.9. The molecule has 0 aliphatic rings. The van der Waals surface area contributed by atoms with Gasteiger partial charge in [-0.15, -0.1) is 0 Å². The van der Waals surface area contributed by atoms with Crippen molar-refractivity contribution in [2.75, 3.05) is 5.73 Å². The summed E-state index contributed by atoms with van der Waals surface area (Å²) >= 11 is 0. The molecule has 8 nitrogen and oxygen atoms in total. The van der Waals surface area contributed by atoms with Crippen molar-refractivity contribution in [3.05, 3.63) is 39.1 Å². The molecular formula is C11H14N6O2. The van der Waals surface area contributed by atoms with Crippen molar-refractivity contribution in [2.24, 2.45) is 0 Å². The van der Waals surface area contributed by atoms with Gasteiger partial charge in [0.2, 0.25) is 0 Å². The number of nitrogen functional groups attached to an aromatic ring is 1. The number of anilines is 1. The van der Waals surface area contributed by atoms with Crippen molar-refractivity contribution in [3.8, 4) is 0 Å². The molecule has 2 heterocycles. The number of nitrogens with two attached hydrogens (primary N) is 1. The van der Waals surface area contributed by atoms with E-state index < -0.39 is 4.92 Å². The molecule has 2 N–H and O–H groups in total. The van der Waals surface area contributed by atoms with Crippen molar-refractivity contribution in [2.45, 2.75) is 27.3 Å². The predicted octanol–water partition coefficient (Wildman–Crippen LogP) is 1.14. The third kappa shape index (κ3) is 2.51. The Morgan fingerprint density at radius 1 is 1.37 bits per heavy atom. The third-order valence-electron chi connectivity index (χ3n) is 2.74. The number of rotatable bonds is 3.